The maximum Gasteiger partial charge on any atom is 0.276 e. The zero-order chi connectivity index (χ0) is 24.3. The first-order chi connectivity index (χ1) is 16.1. The molecule has 2 fully saturated rings. The molecule has 4 heterocycles. The minimum Gasteiger partial charge on any atom is -0.489 e. The van der Waals surface area contributed by atoms with Crippen molar-refractivity contribution in [1.82, 2.24) is 14.2 Å². The lowest BCUT2D eigenvalue weighted by Crippen LogP contribution is -2.53. The van der Waals surface area contributed by atoms with Gasteiger partial charge in [-0.05, 0) is 49.6 Å². The molecule has 2 saturated heterocycles. The Labute approximate surface area is 202 Å². The highest BCUT2D eigenvalue weighted by Gasteiger charge is 2.51. The van der Waals surface area contributed by atoms with Crippen LogP contribution in [0.3, 0.4) is 0 Å². The fourth-order valence-electron chi connectivity index (χ4n) is 4.78. The number of carbonyl (C=O) groups excluding carboxylic acids is 2. The van der Waals surface area contributed by atoms with Crippen LogP contribution in [-0.2, 0) is 16.6 Å². The number of halogens is 1. The molecule has 34 heavy (non-hydrogen) atoms. The van der Waals surface area contributed by atoms with E-state index in [0.717, 1.165) is 4.90 Å². The summed E-state index contributed by atoms with van der Waals surface area (Å²) in [5.41, 5.74) is 0.592. The topological polar surface area (TPSA) is 84.8 Å². The number of fused-ring (bicyclic) bond motifs is 2. The molecule has 8 nitrogen and oxygen atoms in total. The highest BCUT2D eigenvalue weighted by atomic mass is 32.2. The average molecular weight is 489 g/mol. The molecule has 182 valence electrons. The molecule has 0 bridgehead atoms. The smallest absolute Gasteiger partial charge is 0.276 e. The zero-order valence-corrected chi connectivity index (χ0v) is 20.6. The third kappa shape index (κ3) is 3.87. The second kappa shape index (κ2) is 8.28. The van der Waals surface area contributed by atoms with Gasteiger partial charge in [-0.3, -0.25) is 14.3 Å². The molecule has 3 aliphatic rings. The van der Waals surface area contributed by atoms with Crippen molar-refractivity contribution in [3.05, 3.63) is 41.5 Å². The number of nitrogens with one attached hydrogen (secondary N) is 2. The summed E-state index contributed by atoms with van der Waals surface area (Å²) in [7, 11) is 1.80. The van der Waals surface area contributed by atoms with Crippen LogP contribution in [0.5, 0.6) is 5.75 Å². The van der Waals surface area contributed by atoms with Crippen molar-refractivity contribution in [1.29, 1.82) is 0 Å². The number of ether oxygens (including phenoxy) is 2. The number of benzene rings is 1. The van der Waals surface area contributed by atoms with Gasteiger partial charge < -0.3 is 24.3 Å². The number of hydrogen-bond acceptors (Lipinski definition) is 6. The Bertz CT molecular complexity index is 1160. The summed E-state index contributed by atoms with van der Waals surface area (Å²) < 4.78 is 30.4. The first-order valence-corrected chi connectivity index (χ1v) is 12.1. The molecule has 10 heteroatoms. The highest BCUT2D eigenvalue weighted by Crippen LogP contribution is 2.42. The van der Waals surface area contributed by atoms with Gasteiger partial charge in [-0.1, -0.05) is 6.92 Å². The molecule has 0 spiro atoms. The number of hydrogen-bond donors (Lipinski definition) is 2. The predicted molar refractivity (Wildman–Crippen MR) is 126 cm³/mol. The van der Waals surface area contributed by atoms with Crippen LogP contribution in [0.1, 0.15) is 29.9 Å². The number of carbonyl (C=O) groups is 2. The van der Waals surface area contributed by atoms with Gasteiger partial charge in [0.15, 0.2) is 11.4 Å². The number of rotatable bonds is 3. The highest BCUT2D eigenvalue weighted by molar-refractivity contribution is 7.97. The molecule has 0 saturated carbocycles. The van der Waals surface area contributed by atoms with Gasteiger partial charge in [0.1, 0.15) is 5.82 Å². The van der Waals surface area contributed by atoms with E-state index in [2.05, 4.69) is 17.0 Å². The fraction of sp³-hybridized carbons (Fsp3) is 0.500. The Morgan fingerprint density at radius 3 is 2.71 bits per heavy atom. The second-order valence-corrected chi connectivity index (χ2v) is 11.0. The standard InChI is InChI=1S/C24H29FN4O4S/c1-14-7-15(5-6-16(14)25)26-21(30)19-20-17(8-28(19)4)34-27-18-9-29(10-23(18,2)13-33-20)22(31)24(3)11-32-12-24/h5-8,18,27H,9-13H2,1-4H3,(H,26,30)/t18-,23-/m0/s1. The Hall–Kier alpha value is -2.56. The third-order valence-electron chi connectivity index (χ3n) is 7.03. The number of anilines is 1. The number of amides is 2. The normalized spacial score (nSPS) is 25.3. The van der Waals surface area contributed by atoms with E-state index in [9.17, 15) is 14.0 Å². The lowest BCUT2D eigenvalue weighted by atomic mass is 9.86. The van der Waals surface area contributed by atoms with E-state index in [1.54, 1.807) is 24.6 Å². The lowest BCUT2D eigenvalue weighted by Gasteiger charge is -2.39. The summed E-state index contributed by atoms with van der Waals surface area (Å²) in [6, 6.07) is 4.51. The Kier molecular flexibility index (Phi) is 5.65. The number of aryl methyl sites for hydroxylation is 2. The monoisotopic (exact) mass is 488 g/mol. The Morgan fingerprint density at radius 2 is 2.03 bits per heavy atom. The zero-order valence-electron chi connectivity index (χ0n) is 19.7. The largest absolute Gasteiger partial charge is 0.489 e. The lowest BCUT2D eigenvalue weighted by molar-refractivity contribution is -0.168. The summed E-state index contributed by atoms with van der Waals surface area (Å²) in [5.74, 6) is -0.0380. The van der Waals surface area contributed by atoms with E-state index in [-0.39, 0.29) is 29.1 Å². The van der Waals surface area contributed by atoms with Crippen LogP contribution >= 0.6 is 11.9 Å². The van der Waals surface area contributed by atoms with E-state index < -0.39 is 5.41 Å². The van der Waals surface area contributed by atoms with Crippen LogP contribution in [0.2, 0.25) is 0 Å². The molecule has 0 unspecified atom stereocenters. The molecule has 0 radical (unpaired) electrons. The molecule has 2 amide bonds. The van der Waals surface area contributed by atoms with Crippen molar-refractivity contribution in [2.24, 2.45) is 17.9 Å². The molecular formula is C24H29FN4O4S. The molecule has 5 rings (SSSR count). The molecule has 0 aliphatic carbocycles. The second-order valence-electron chi connectivity index (χ2n) is 10.2. The van der Waals surface area contributed by atoms with Crippen LogP contribution in [0.4, 0.5) is 10.1 Å². The fourth-order valence-corrected chi connectivity index (χ4v) is 5.87. The van der Waals surface area contributed by atoms with Gasteiger partial charge in [0.05, 0.1) is 30.1 Å². The summed E-state index contributed by atoms with van der Waals surface area (Å²) in [6.45, 7) is 8.14. The van der Waals surface area contributed by atoms with Crippen LogP contribution in [-0.4, -0.2) is 60.2 Å². The van der Waals surface area contributed by atoms with Crippen molar-refractivity contribution in [3.63, 3.8) is 0 Å². The minimum absolute atomic E-state index is 0.0406. The van der Waals surface area contributed by atoms with Crippen LogP contribution < -0.4 is 14.8 Å². The van der Waals surface area contributed by atoms with Crippen molar-refractivity contribution in [2.45, 2.75) is 31.7 Å². The van der Waals surface area contributed by atoms with Crippen LogP contribution in [0.15, 0.2) is 29.3 Å². The van der Waals surface area contributed by atoms with Gasteiger partial charge in [-0.2, -0.15) is 0 Å². The van der Waals surface area contributed by atoms with E-state index >= 15 is 0 Å². The molecule has 2 atom stereocenters. The van der Waals surface area contributed by atoms with E-state index in [1.807, 2.05) is 18.0 Å². The van der Waals surface area contributed by atoms with E-state index in [1.165, 1.54) is 24.1 Å². The summed E-state index contributed by atoms with van der Waals surface area (Å²) in [4.78, 5) is 28.9. The molecule has 2 aromatic rings. The first-order valence-electron chi connectivity index (χ1n) is 11.3. The number of nitrogens with zero attached hydrogens (tertiary/aromatic N) is 2. The summed E-state index contributed by atoms with van der Waals surface area (Å²) in [6.07, 6.45) is 1.85. The summed E-state index contributed by atoms with van der Waals surface area (Å²) in [5, 5.41) is 2.85. The maximum absolute atomic E-state index is 13.6. The Balaban J connectivity index is 1.35. The number of aromatic nitrogens is 1. The summed E-state index contributed by atoms with van der Waals surface area (Å²) >= 11 is 1.41. The SMILES string of the molecule is Cc1cc(NC(=O)c2c3c(cn2C)SN[C@H]2CN(C(=O)C4(C)COC4)C[C@@]2(C)CO3)ccc1F. The van der Waals surface area contributed by atoms with Crippen molar-refractivity contribution < 1.29 is 23.5 Å². The quantitative estimate of drug-likeness (QED) is 0.647. The van der Waals surface area contributed by atoms with E-state index in [4.69, 9.17) is 9.47 Å². The first kappa shape index (κ1) is 23.2. The predicted octanol–water partition coefficient (Wildman–Crippen LogP) is 2.97. The van der Waals surface area contributed by atoms with Gasteiger partial charge in [0.25, 0.3) is 5.91 Å². The number of likely N-dealkylation sites (tertiary alicyclic amines) is 1. The molecular weight excluding hydrogens is 459 g/mol. The van der Waals surface area contributed by atoms with Gasteiger partial charge in [-0.15, -0.1) is 0 Å². The third-order valence-corrected chi connectivity index (χ3v) is 7.94. The van der Waals surface area contributed by atoms with Crippen LogP contribution in [0.25, 0.3) is 0 Å². The molecule has 1 aromatic heterocycles. The van der Waals surface area contributed by atoms with Crippen molar-refractivity contribution in [2.75, 3.05) is 38.2 Å². The molecule has 3 aliphatic heterocycles. The van der Waals surface area contributed by atoms with Crippen molar-refractivity contribution in [3.8, 4) is 5.75 Å². The maximum atomic E-state index is 13.6. The Morgan fingerprint density at radius 1 is 1.26 bits per heavy atom. The molecule has 2 N–H and O–H groups in total. The van der Waals surface area contributed by atoms with Gasteiger partial charge in [-0.25, -0.2) is 4.39 Å². The van der Waals surface area contributed by atoms with Crippen molar-refractivity contribution >= 4 is 29.4 Å². The minimum atomic E-state index is -0.446. The average Bonchev–Trinajstić information content (AvgIpc) is 3.26. The van der Waals surface area contributed by atoms with Gasteiger partial charge >= 0.3 is 0 Å². The molecule has 1 aromatic carbocycles. The van der Waals surface area contributed by atoms with Gasteiger partial charge in [0.2, 0.25) is 5.91 Å². The van der Waals surface area contributed by atoms with E-state index in [0.29, 0.717) is 55.6 Å². The van der Waals surface area contributed by atoms with Gasteiger partial charge in [0, 0.05) is 43.5 Å². The van der Waals surface area contributed by atoms with Crippen LogP contribution in [0, 0.1) is 23.6 Å².